The number of halogens is 7. The van der Waals surface area contributed by atoms with Gasteiger partial charge in [-0.3, -0.25) is 4.79 Å². The van der Waals surface area contributed by atoms with E-state index in [1.807, 2.05) is 27.7 Å². The van der Waals surface area contributed by atoms with E-state index in [1.165, 1.54) is 0 Å². The highest BCUT2D eigenvalue weighted by Gasteiger charge is 2.60. The molecule has 2 aliphatic rings. The van der Waals surface area contributed by atoms with E-state index < -0.39 is 30.1 Å². The topological polar surface area (TPSA) is 65.6 Å². The number of rotatable bonds is 2. The fraction of sp³-hybridized carbons (Fsp3) is 0.615. The Bertz CT molecular complexity index is 1130. The number of nitrogens with one attached hydrogen (secondary N) is 1. The Morgan fingerprint density at radius 3 is 2.08 bits per heavy atom. The van der Waals surface area contributed by atoms with Crippen molar-refractivity contribution < 1.29 is 40.7 Å². The van der Waals surface area contributed by atoms with Gasteiger partial charge in [0.2, 0.25) is 0 Å². The lowest BCUT2D eigenvalue weighted by molar-refractivity contribution is -0.308. The van der Waals surface area contributed by atoms with Crippen LogP contribution in [-0.2, 0) is 4.74 Å². The third-order valence-electron chi connectivity index (χ3n) is 6.84. The minimum Gasteiger partial charge on any atom is -0.426 e. The van der Waals surface area contributed by atoms with Gasteiger partial charge in [-0.15, -0.1) is 0 Å². The van der Waals surface area contributed by atoms with E-state index in [0.29, 0.717) is 30.1 Å². The molecule has 1 aromatic heterocycles. The zero-order valence-corrected chi connectivity index (χ0v) is 23.3. The molecule has 1 aromatic carbocycles. The summed E-state index contributed by atoms with van der Waals surface area (Å²) in [6.07, 6.45) is -15.7. The van der Waals surface area contributed by atoms with Crippen LogP contribution in [0.5, 0.6) is 0 Å². The highest BCUT2D eigenvalue weighted by molar-refractivity contribution is 6.31. The van der Waals surface area contributed by atoms with Gasteiger partial charge in [-0.25, -0.2) is 4.79 Å². The number of fused-ring (bicyclic) bond motifs is 1. The largest absolute Gasteiger partial charge is 0.434 e. The van der Waals surface area contributed by atoms with Gasteiger partial charge in [-0.1, -0.05) is 39.3 Å². The number of aromatic nitrogens is 1. The fourth-order valence-electron chi connectivity index (χ4n) is 5.02. The number of hydrogen-bond donors (Lipinski definition) is 1. The molecule has 39 heavy (non-hydrogen) atoms. The summed E-state index contributed by atoms with van der Waals surface area (Å²) in [7, 11) is 0. The van der Waals surface area contributed by atoms with E-state index in [2.05, 4.69) is 9.72 Å². The Morgan fingerprint density at radius 1 is 0.974 bits per heavy atom. The molecule has 2 saturated heterocycles. The molecule has 2 fully saturated rings. The van der Waals surface area contributed by atoms with Crippen molar-refractivity contribution in [3.05, 3.63) is 34.5 Å². The van der Waals surface area contributed by atoms with Gasteiger partial charge in [-0.2, -0.15) is 26.3 Å². The number of ether oxygens (including phenoxy) is 1. The first-order valence-corrected chi connectivity index (χ1v) is 13.3. The van der Waals surface area contributed by atoms with Crippen LogP contribution in [0.2, 0.25) is 5.02 Å². The third kappa shape index (κ3) is 6.93. The van der Waals surface area contributed by atoms with Crippen LogP contribution in [-0.4, -0.2) is 70.4 Å². The third-order valence-corrected chi connectivity index (χ3v) is 7.08. The van der Waals surface area contributed by atoms with Crippen LogP contribution in [0.15, 0.2) is 18.2 Å². The SMILES string of the molecule is CC.CC.Cc1c(C(=O)N2CCCC23CCN(C(=O)OC(C(F)(F)F)C(F)(F)F)CC3)[nH]c2ccc(Cl)cc12. The van der Waals surface area contributed by atoms with Crippen molar-refractivity contribution in [2.75, 3.05) is 19.6 Å². The van der Waals surface area contributed by atoms with Crippen molar-refractivity contribution in [3.8, 4) is 0 Å². The molecular weight excluding hydrogens is 552 g/mol. The molecule has 6 nitrogen and oxygen atoms in total. The molecule has 0 saturated carbocycles. The van der Waals surface area contributed by atoms with E-state index in [4.69, 9.17) is 11.6 Å². The van der Waals surface area contributed by atoms with Crippen molar-refractivity contribution in [2.24, 2.45) is 0 Å². The maximum absolute atomic E-state index is 13.5. The average molecular weight is 586 g/mol. The number of hydrogen-bond acceptors (Lipinski definition) is 3. The molecular formula is C26H34ClF6N3O3. The van der Waals surface area contributed by atoms with E-state index in [0.717, 1.165) is 21.4 Å². The molecule has 2 amide bonds. The summed E-state index contributed by atoms with van der Waals surface area (Å²) in [6, 6.07) is 5.21. The number of carbonyl (C=O) groups excluding carboxylic acids is 2. The summed E-state index contributed by atoms with van der Waals surface area (Å²) in [6.45, 7) is 9.98. The lowest BCUT2D eigenvalue weighted by atomic mass is 9.85. The van der Waals surface area contributed by atoms with Crippen molar-refractivity contribution in [1.29, 1.82) is 0 Å². The van der Waals surface area contributed by atoms with E-state index in [9.17, 15) is 35.9 Å². The lowest BCUT2D eigenvalue weighted by Gasteiger charge is -2.44. The quantitative estimate of drug-likeness (QED) is 0.365. The van der Waals surface area contributed by atoms with Crippen LogP contribution in [0.4, 0.5) is 31.1 Å². The molecule has 3 heterocycles. The van der Waals surface area contributed by atoms with Crippen LogP contribution in [0.1, 0.15) is 69.4 Å². The van der Waals surface area contributed by atoms with Gasteiger partial charge in [0.15, 0.2) is 0 Å². The van der Waals surface area contributed by atoms with Crippen molar-refractivity contribution in [3.63, 3.8) is 0 Å². The molecule has 0 radical (unpaired) electrons. The molecule has 1 spiro atoms. The van der Waals surface area contributed by atoms with E-state index in [-0.39, 0.29) is 31.8 Å². The number of piperidine rings is 1. The smallest absolute Gasteiger partial charge is 0.426 e. The maximum Gasteiger partial charge on any atom is 0.434 e. The minimum absolute atomic E-state index is 0.133. The second-order valence-corrected chi connectivity index (χ2v) is 9.37. The molecule has 4 rings (SSSR count). The van der Waals surface area contributed by atoms with Crippen molar-refractivity contribution >= 4 is 34.5 Å². The first-order chi connectivity index (χ1) is 18.2. The standard InChI is InChI=1S/C22H22ClF6N3O3.2C2H6/c1-12-14-11-13(23)3-4-15(14)30-16(12)17(33)32-8-2-5-20(32)6-9-31(10-7-20)19(34)35-18(21(24,25)26)22(27,28)29;2*1-2/h3-4,11,18,30H,2,5-10H2,1H3;2*1-2H3. The summed E-state index contributed by atoms with van der Waals surface area (Å²) in [5.74, 6) is -0.252. The summed E-state index contributed by atoms with van der Waals surface area (Å²) >= 11 is 6.07. The summed E-state index contributed by atoms with van der Waals surface area (Å²) < 4.78 is 80.3. The molecule has 0 unspecified atom stereocenters. The number of aryl methyl sites for hydroxylation is 1. The number of nitrogens with zero attached hydrogens (tertiary/aromatic N) is 2. The number of alkyl halides is 6. The minimum atomic E-state index is -5.78. The summed E-state index contributed by atoms with van der Waals surface area (Å²) in [5.41, 5.74) is 1.21. The average Bonchev–Trinajstić information content (AvgIpc) is 3.44. The maximum atomic E-state index is 13.5. The number of carbonyl (C=O) groups is 2. The van der Waals surface area contributed by atoms with Gasteiger partial charge in [0, 0.05) is 41.1 Å². The van der Waals surface area contributed by atoms with Gasteiger partial charge in [0.1, 0.15) is 5.69 Å². The molecule has 0 atom stereocenters. The summed E-state index contributed by atoms with van der Waals surface area (Å²) in [5, 5.41) is 1.32. The van der Waals surface area contributed by atoms with Crippen LogP contribution >= 0.6 is 11.6 Å². The Kier molecular flexibility index (Phi) is 10.6. The van der Waals surface area contributed by atoms with Crippen molar-refractivity contribution in [2.45, 2.75) is 84.3 Å². The van der Waals surface area contributed by atoms with Gasteiger partial charge >= 0.3 is 18.4 Å². The number of benzene rings is 1. The lowest BCUT2D eigenvalue weighted by Crippen LogP contribution is -2.56. The normalized spacial score (nSPS) is 17.1. The van der Waals surface area contributed by atoms with Crippen LogP contribution in [0.3, 0.4) is 0 Å². The Morgan fingerprint density at radius 2 is 1.54 bits per heavy atom. The first kappa shape index (κ1) is 32.6. The van der Waals surface area contributed by atoms with E-state index >= 15 is 0 Å². The van der Waals surface area contributed by atoms with Gasteiger partial charge in [0.25, 0.3) is 12.0 Å². The monoisotopic (exact) mass is 585 g/mol. The number of aromatic amines is 1. The van der Waals surface area contributed by atoms with Gasteiger partial charge in [0.05, 0.1) is 0 Å². The second-order valence-electron chi connectivity index (χ2n) is 8.93. The van der Waals surface area contributed by atoms with Crippen LogP contribution in [0.25, 0.3) is 10.9 Å². The second kappa shape index (κ2) is 12.7. The highest BCUT2D eigenvalue weighted by atomic mass is 35.5. The predicted molar refractivity (Wildman–Crippen MR) is 137 cm³/mol. The molecule has 2 aliphatic heterocycles. The Balaban J connectivity index is 0.00000127. The first-order valence-electron chi connectivity index (χ1n) is 12.9. The number of H-pyrrole nitrogens is 1. The molecule has 0 aliphatic carbocycles. The predicted octanol–water partition coefficient (Wildman–Crippen LogP) is 7.88. The molecule has 1 N–H and O–H groups in total. The Labute approximate surface area is 228 Å². The zero-order chi connectivity index (χ0) is 29.8. The van der Waals surface area contributed by atoms with Gasteiger partial charge < -0.3 is 19.5 Å². The summed E-state index contributed by atoms with van der Waals surface area (Å²) in [4.78, 5) is 31.2. The Hall–Kier alpha value is -2.63. The number of likely N-dealkylation sites (tertiary alicyclic amines) is 2. The fourth-order valence-corrected chi connectivity index (χ4v) is 5.20. The van der Waals surface area contributed by atoms with Crippen LogP contribution in [0, 0.1) is 6.92 Å². The molecule has 13 heteroatoms. The van der Waals surface area contributed by atoms with E-state index in [1.54, 1.807) is 30.0 Å². The van der Waals surface area contributed by atoms with Gasteiger partial charge in [-0.05, 0) is 56.4 Å². The zero-order valence-electron chi connectivity index (χ0n) is 22.5. The highest BCUT2D eigenvalue weighted by Crippen LogP contribution is 2.41. The molecule has 220 valence electrons. The molecule has 0 bridgehead atoms. The number of amides is 2. The molecule has 2 aromatic rings. The van der Waals surface area contributed by atoms with Crippen molar-refractivity contribution in [1.82, 2.24) is 14.8 Å². The van der Waals surface area contributed by atoms with Crippen LogP contribution < -0.4 is 0 Å².